The predicted molar refractivity (Wildman–Crippen MR) is 69.2 cm³/mol. The summed E-state index contributed by atoms with van der Waals surface area (Å²) in [5.74, 6) is 0. The van der Waals surface area contributed by atoms with Crippen LogP contribution in [-0.2, 0) is 10.2 Å². The Morgan fingerprint density at radius 1 is 1.35 bits per heavy atom. The lowest BCUT2D eigenvalue weighted by Crippen LogP contribution is -2.21. The smallest absolute Gasteiger partial charge is 0.0559 e. The van der Waals surface area contributed by atoms with Gasteiger partial charge in [0.15, 0.2) is 0 Å². The van der Waals surface area contributed by atoms with E-state index in [0.717, 1.165) is 13.2 Å². The van der Waals surface area contributed by atoms with Crippen molar-refractivity contribution in [1.29, 1.82) is 0 Å². The Kier molecular flexibility index (Phi) is 2.93. The topological polar surface area (TPSA) is 21.3 Å². The van der Waals surface area contributed by atoms with E-state index >= 15 is 0 Å². The molecule has 2 aliphatic rings. The van der Waals surface area contributed by atoms with Crippen LogP contribution in [0.3, 0.4) is 0 Å². The summed E-state index contributed by atoms with van der Waals surface area (Å²) >= 11 is 0. The molecule has 0 amide bonds. The van der Waals surface area contributed by atoms with Crippen LogP contribution in [0.2, 0.25) is 0 Å². The van der Waals surface area contributed by atoms with Crippen molar-refractivity contribution in [3.05, 3.63) is 35.4 Å². The Balaban J connectivity index is 1.93. The monoisotopic (exact) mass is 231 g/mol. The quantitative estimate of drug-likeness (QED) is 0.860. The van der Waals surface area contributed by atoms with Crippen LogP contribution in [-0.4, -0.2) is 20.3 Å². The summed E-state index contributed by atoms with van der Waals surface area (Å²) in [4.78, 5) is 0. The van der Waals surface area contributed by atoms with Crippen LogP contribution in [0.15, 0.2) is 24.3 Å². The zero-order chi connectivity index (χ0) is 11.7. The van der Waals surface area contributed by atoms with Gasteiger partial charge in [0.1, 0.15) is 0 Å². The highest BCUT2D eigenvalue weighted by atomic mass is 16.5. The zero-order valence-corrected chi connectivity index (χ0v) is 10.5. The molecule has 92 valence electrons. The fourth-order valence-electron chi connectivity index (χ4n) is 3.15. The number of hydrogen-bond donors (Lipinski definition) is 1. The maximum absolute atomic E-state index is 5.42. The average Bonchev–Trinajstić information content (AvgIpc) is 2.94. The van der Waals surface area contributed by atoms with Crippen molar-refractivity contribution in [2.24, 2.45) is 0 Å². The van der Waals surface area contributed by atoms with Crippen LogP contribution < -0.4 is 5.32 Å². The summed E-state index contributed by atoms with van der Waals surface area (Å²) in [6.45, 7) is 2.03. The van der Waals surface area contributed by atoms with Crippen molar-refractivity contribution in [2.75, 3.05) is 20.3 Å². The average molecular weight is 231 g/mol. The van der Waals surface area contributed by atoms with E-state index in [0.29, 0.717) is 11.5 Å². The summed E-state index contributed by atoms with van der Waals surface area (Å²) in [6, 6.07) is 9.52. The van der Waals surface area contributed by atoms with Crippen LogP contribution in [0.1, 0.15) is 42.9 Å². The van der Waals surface area contributed by atoms with E-state index in [2.05, 4.69) is 29.6 Å². The molecule has 1 aromatic rings. The second-order valence-corrected chi connectivity index (χ2v) is 5.45. The molecule has 1 aliphatic carbocycles. The van der Waals surface area contributed by atoms with Gasteiger partial charge in [0, 0.05) is 18.6 Å². The van der Waals surface area contributed by atoms with E-state index < -0.39 is 0 Å². The third-order valence-electron chi connectivity index (χ3n) is 4.24. The molecule has 1 saturated carbocycles. The Labute approximate surface area is 103 Å². The number of benzene rings is 1. The summed E-state index contributed by atoms with van der Waals surface area (Å²) < 4.78 is 5.42. The predicted octanol–water partition coefficient (Wildman–Crippen LogP) is 2.79. The van der Waals surface area contributed by atoms with Gasteiger partial charge in [0.05, 0.1) is 6.61 Å². The molecule has 0 radical (unpaired) electrons. The van der Waals surface area contributed by atoms with Gasteiger partial charge in [-0.2, -0.15) is 0 Å². The summed E-state index contributed by atoms with van der Waals surface area (Å²) in [5, 5.41) is 3.61. The molecule has 1 heterocycles. The second-order valence-electron chi connectivity index (χ2n) is 5.45. The van der Waals surface area contributed by atoms with E-state index in [9.17, 15) is 0 Å². The lowest BCUT2D eigenvalue weighted by molar-refractivity contribution is 0.171. The van der Waals surface area contributed by atoms with Crippen LogP contribution in [0.4, 0.5) is 0 Å². The highest BCUT2D eigenvalue weighted by Crippen LogP contribution is 2.50. The summed E-state index contributed by atoms with van der Waals surface area (Å²) in [6.07, 6.45) is 5.14. The molecule has 2 fully saturated rings. The van der Waals surface area contributed by atoms with Gasteiger partial charge in [-0.05, 0) is 43.4 Å². The number of ether oxygens (including phenoxy) is 1. The van der Waals surface area contributed by atoms with Crippen LogP contribution >= 0.6 is 0 Å². The molecule has 0 bridgehead atoms. The molecule has 2 nitrogen and oxygen atoms in total. The van der Waals surface area contributed by atoms with Gasteiger partial charge in [-0.15, -0.1) is 0 Å². The normalized spacial score (nSPS) is 26.1. The number of methoxy groups -OCH3 is 1. The van der Waals surface area contributed by atoms with Crippen molar-refractivity contribution in [1.82, 2.24) is 5.32 Å². The first-order valence-corrected chi connectivity index (χ1v) is 6.67. The van der Waals surface area contributed by atoms with Gasteiger partial charge < -0.3 is 10.1 Å². The van der Waals surface area contributed by atoms with Gasteiger partial charge in [0.2, 0.25) is 0 Å². The van der Waals surface area contributed by atoms with Gasteiger partial charge in [0.25, 0.3) is 0 Å². The third-order valence-corrected chi connectivity index (χ3v) is 4.24. The van der Waals surface area contributed by atoms with E-state index in [1.54, 1.807) is 0 Å². The number of hydrogen-bond acceptors (Lipinski definition) is 2. The lowest BCUT2D eigenvalue weighted by atomic mass is 9.88. The molecule has 3 rings (SSSR count). The number of nitrogens with one attached hydrogen (secondary N) is 1. The Morgan fingerprint density at radius 2 is 2.18 bits per heavy atom. The minimum absolute atomic E-state index is 0.329. The van der Waals surface area contributed by atoms with E-state index in [1.807, 2.05) is 7.11 Å². The van der Waals surface area contributed by atoms with Crippen molar-refractivity contribution < 1.29 is 4.74 Å². The molecular weight excluding hydrogens is 210 g/mol. The van der Waals surface area contributed by atoms with E-state index in [4.69, 9.17) is 4.74 Å². The molecular formula is C15H21NO. The number of rotatable bonds is 4. The van der Waals surface area contributed by atoms with Gasteiger partial charge >= 0.3 is 0 Å². The van der Waals surface area contributed by atoms with Crippen molar-refractivity contribution in [2.45, 2.75) is 37.1 Å². The first-order valence-electron chi connectivity index (χ1n) is 6.67. The zero-order valence-electron chi connectivity index (χ0n) is 10.5. The van der Waals surface area contributed by atoms with Gasteiger partial charge in [-0.3, -0.25) is 0 Å². The molecule has 1 aliphatic heterocycles. The largest absolute Gasteiger partial charge is 0.384 e. The first kappa shape index (κ1) is 11.2. The van der Waals surface area contributed by atoms with Crippen molar-refractivity contribution >= 4 is 0 Å². The Hall–Kier alpha value is -0.860. The first-order chi connectivity index (χ1) is 8.36. The van der Waals surface area contributed by atoms with Crippen LogP contribution in [0.25, 0.3) is 0 Å². The Morgan fingerprint density at radius 3 is 2.82 bits per heavy atom. The molecule has 17 heavy (non-hydrogen) atoms. The highest BCUT2D eigenvalue weighted by molar-refractivity contribution is 5.40. The fourth-order valence-corrected chi connectivity index (χ4v) is 3.15. The molecule has 1 atom stereocenters. The third kappa shape index (κ3) is 2.00. The SMILES string of the molecule is COCC1(c2ccccc2C2CCCN2)CC1. The molecule has 0 aromatic heterocycles. The minimum Gasteiger partial charge on any atom is -0.384 e. The Bertz CT molecular complexity index is 392. The van der Waals surface area contributed by atoms with Gasteiger partial charge in [-0.25, -0.2) is 0 Å². The van der Waals surface area contributed by atoms with Gasteiger partial charge in [-0.1, -0.05) is 24.3 Å². The molecule has 1 unspecified atom stereocenters. The fraction of sp³-hybridized carbons (Fsp3) is 0.600. The maximum atomic E-state index is 5.42. The molecule has 2 heteroatoms. The maximum Gasteiger partial charge on any atom is 0.0559 e. The standard InChI is InChI=1S/C15H21NO/c1-17-11-15(8-9-15)13-6-3-2-5-12(13)14-7-4-10-16-14/h2-3,5-6,14,16H,4,7-11H2,1H3. The second kappa shape index (κ2) is 4.43. The lowest BCUT2D eigenvalue weighted by Gasteiger charge is -2.22. The molecule has 1 aromatic carbocycles. The highest BCUT2D eigenvalue weighted by Gasteiger charge is 2.46. The summed E-state index contributed by atoms with van der Waals surface area (Å²) in [5.41, 5.74) is 3.37. The van der Waals surface area contributed by atoms with Crippen molar-refractivity contribution in [3.8, 4) is 0 Å². The molecule has 0 spiro atoms. The summed E-state index contributed by atoms with van der Waals surface area (Å²) in [7, 11) is 1.82. The molecule has 1 N–H and O–H groups in total. The van der Waals surface area contributed by atoms with Crippen molar-refractivity contribution in [3.63, 3.8) is 0 Å². The van der Waals surface area contributed by atoms with E-state index in [1.165, 1.54) is 36.8 Å². The van der Waals surface area contributed by atoms with Crippen LogP contribution in [0, 0.1) is 0 Å². The molecule has 1 saturated heterocycles. The van der Waals surface area contributed by atoms with E-state index in [-0.39, 0.29) is 0 Å². The minimum atomic E-state index is 0.329. The van der Waals surface area contributed by atoms with Crippen LogP contribution in [0.5, 0.6) is 0 Å².